The van der Waals surface area contributed by atoms with Gasteiger partial charge in [0.15, 0.2) is 28.7 Å². The van der Waals surface area contributed by atoms with Crippen LogP contribution in [0.25, 0.3) is 0 Å². The van der Waals surface area contributed by atoms with E-state index in [-0.39, 0.29) is 0 Å². The fraction of sp³-hybridized carbons (Fsp3) is 0.538. The van der Waals surface area contributed by atoms with Gasteiger partial charge in [-0.25, -0.2) is 0 Å². The van der Waals surface area contributed by atoms with E-state index in [1.54, 1.807) is 14.2 Å². The zero-order chi connectivity index (χ0) is 15.3. The fourth-order valence-electron chi connectivity index (χ4n) is 2.06. The van der Waals surface area contributed by atoms with Crippen LogP contribution in [0.15, 0.2) is 0 Å². The van der Waals surface area contributed by atoms with Crippen molar-refractivity contribution < 1.29 is 28.6 Å². The zero-order valence-corrected chi connectivity index (χ0v) is 12.9. The van der Waals surface area contributed by atoms with Gasteiger partial charge in [-0.3, -0.25) is 9.68 Å². The molecule has 0 N–H and O–H groups in total. The Balaban J connectivity index is 3.75. The van der Waals surface area contributed by atoms with Crippen molar-refractivity contribution in [1.29, 1.82) is 0 Å². The SMILES string of the molecule is COc1c(C)c(OC)c(OC)c(N(OC)OC)c1OC. The molecule has 7 nitrogen and oxygen atoms in total. The molecule has 0 aliphatic carbocycles. The predicted octanol–water partition coefficient (Wildman–Crippen LogP) is 1.96. The first-order valence-corrected chi connectivity index (χ1v) is 5.85. The molecule has 0 aromatic heterocycles. The minimum atomic E-state index is 0.416. The fourth-order valence-corrected chi connectivity index (χ4v) is 2.06. The second-order valence-electron chi connectivity index (χ2n) is 3.73. The van der Waals surface area contributed by atoms with E-state index in [1.165, 1.54) is 28.4 Å². The Kier molecular flexibility index (Phi) is 5.72. The third-order valence-corrected chi connectivity index (χ3v) is 2.85. The van der Waals surface area contributed by atoms with Crippen molar-refractivity contribution in [3.63, 3.8) is 0 Å². The summed E-state index contributed by atoms with van der Waals surface area (Å²) < 4.78 is 21.6. The van der Waals surface area contributed by atoms with Gasteiger partial charge in [-0.05, 0) is 6.92 Å². The number of methoxy groups -OCH3 is 4. The first-order valence-electron chi connectivity index (χ1n) is 5.85. The quantitative estimate of drug-likeness (QED) is 0.710. The molecular formula is C13H21NO6. The van der Waals surface area contributed by atoms with E-state index < -0.39 is 0 Å². The molecule has 0 fully saturated rings. The van der Waals surface area contributed by atoms with Gasteiger partial charge in [0.1, 0.15) is 0 Å². The highest BCUT2D eigenvalue weighted by Gasteiger charge is 2.29. The third kappa shape index (κ3) is 2.54. The van der Waals surface area contributed by atoms with Crippen molar-refractivity contribution in [2.24, 2.45) is 0 Å². The number of rotatable bonds is 7. The normalized spacial score (nSPS) is 10.2. The zero-order valence-electron chi connectivity index (χ0n) is 12.9. The summed E-state index contributed by atoms with van der Waals surface area (Å²) in [5, 5.41) is 1.15. The standard InChI is InChI=1S/C13H21NO6/c1-8-10(15-2)12(17-4)9(14(19-6)20-7)13(18-5)11(8)16-3/h1-7H3. The maximum atomic E-state index is 5.41. The molecule has 0 unspecified atom stereocenters. The highest BCUT2D eigenvalue weighted by atomic mass is 16.9. The lowest BCUT2D eigenvalue weighted by Crippen LogP contribution is -2.22. The van der Waals surface area contributed by atoms with E-state index in [9.17, 15) is 0 Å². The van der Waals surface area contributed by atoms with E-state index in [0.29, 0.717) is 28.7 Å². The van der Waals surface area contributed by atoms with E-state index in [0.717, 1.165) is 10.8 Å². The number of hydrogen-bond acceptors (Lipinski definition) is 7. The summed E-state index contributed by atoms with van der Waals surface area (Å²) in [5.74, 6) is 1.87. The van der Waals surface area contributed by atoms with Gasteiger partial charge in [-0.2, -0.15) is 0 Å². The van der Waals surface area contributed by atoms with E-state index in [2.05, 4.69) is 0 Å². The van der Waals surface area contributed by atoms with Crippen LogP contribution in [0.3, 0.4) is 0 Å². The molecular weight excluding hydrogens is 266 g/mol. The van der Waals surface area contributed by atoms with Gasteiger partial charge in [0, 0.05) is 5.56 Å². The van der Waals surface area contributed by atoms with Crippen molar-refractivity contribution in [2.45, 2.75) is 6.92 Å². The van der Waals surface area contributed by atoms with Crippen LogP contribution in [0.2, 0.25) is 0 Å². The molecule has 0 radical (unpaired) electrons. The molecule has 0 amide bonds. The monoisotopic (exact) mass is 287 g/mol. The number of hydrogen-bond donors (Lipinski definition) is 0. The summed E-state index contributed by atoms with van der Waals surface area (Å²) in [6.07, 6.45) is 0. The molecule has 1 aromatic carbocycles. The van der Waals surface area contributed by atoms with Crippen LogP contribution in [-0.4, -0.2) is 42.7 Å². The Morgan fingerprint density at radius 3 is 1.20 bits per heavy atom. The molecule has 114 valence electrons. The summed E-state index contributed by atoms with van der Waals surface area (Å²) in [6, 6.07) is 0. The Hall–Kier alpha value is -1.86. The van der Waals surface area contributed by atoms with Crippen molar-refractivity contribution in [2.75, 3.05) is 47.9 Å². The van der Waals surface area contributed by atoms with Crippen LogP contribution >= 0.6 is 0 Å². The highest BCUT2D eigenvalue weighted by molar-refractivity contribution is 5.78. The van der Waals surface area contributed by atoms with Crippen LogP contribution in [0.5, 0.6) is 23.0 Å². The second-order valence-corrected chi connectivity index (χ2v) is 3.73. The summed E-state index contributed by atoms with van der Waals surface area (Å²) in [7, 11) is 9.06. The summed E-state index contributed by atoms with van der Waals surface area (Å²) in [6.45, 7) is 1.84. The summed E-state index contributed by atoms with van der Waals surface area (Å²) >= 11 is 0. The molecule has 0 aliphatic heterocycles. The second kappa shape index (κ2) is 7.06. The van der Waals surface area contributed by atoms with E-state index in [1.807, 2.05) is 6.92 Å². The number of ether oxygens (including phenoxy) is 4. The first-order chi connectivity index (χ1) is 9.60. The van der Waals surface area contributed by atoms with Crippen LogP contribution in [0.1, 0.15) is 5.56 Å². The van der Waals surface area contributed by atoms with Crippen molar-refractivity contribution in [3.8, 4) is 23.0 Å². The molecule has 0 aliphatic rings. The maximum Gasteiger partial charge on any atom is 0.193 e. The highest BCUT2D eigenvalue weighted by Crippen LogP contribution is 2.53. The predicted molar refractivity (Wildman–Crippen MR) is 73.9 cm³/mol. The lowest BCUT2D eigenvalue weighted by atomic mass is 10.1. The van der Waals surface area contributed by atoms with Crippen molar-refractivity contribution >= 4 is 5.69 Å². The molecule has 0 heterocycles. The average Bonchev–Trinajstić information content (AvgIpc) is 2.48. The van der Waals surface area contributed by atoms with Crippen molar-refractivity contribution in [3.05, 3.63) is 5.56 Å². The van der Waals surface area contributed by atoms with Crippen LogP contribution in [-0.2, 0) is 9.68 Å². The summed E-state index contributed by atoms with van der Waals surface area (Å²) in [4.78, 5) is 10.3. The smallest absolute Gasteiger partial charge is 0.193 e. The van der Waals surface area contributed by atoms with Crippen LogP contribution in [0.4, 0.5) is 5.69 Å². The number of nitrogens with zero attached hydrogens (tertiary/aromatic N) is 1. The van der Waals surface area contributed by atoms with Crippen molar-refractivity contribution in [1.82, 2.24) is 0 Å². The van der Waals surface area contributed by atoms with Gasteiger partial charge in [0.2, 0.25) is 0 Å². The Morgan fingerprint density at radius 2 is 0.950 bits per heavy atom. The molecule has 0 atom stereocenters. The Morgan fingerprint density at radius 1 is 0.600 bits per heavy atom. The molecule has 0 spiro atoms. The van der Waals surface area contributed by atoms with Gasteiger partial charge in [-0.15, -0.1) is 5.23 Å². The molecule has 1 aromatic rings. The number of anilines is 1. The lowest BCUT2D eigenvalue weighted by Gasteiger charge is -2.26. The third-order valence-electron chi connectivity index (χ3n) is 2.85. The Bertz CT molecular complexity index is 426. The van der Waals surface area contributed by atoms with Gasteiger partial charge in [0.25, 0.3) is 0 Å². The van der Waals surface area contributed by atoms with E-state index >= 15 is 0 Å². The molecule has 0 bridgehead atoms. The Labute approximate surface area is 118 Å². The topological polar surface area (TPSA) is 58.6 Å². The first kappa shape index (κ1) is 16.2. The van der Waals surface area contributed by atoms with Gasteiger partial charge < -0.3 is 18.9 Å². The molecule has 1 rings (SSSR count). The number of benzene rings is 1. The van der Waals surface area contributed by atoms with Gasteiger partial charge >= 0.3 is 0 Å². The summed E-state index contributed by atoms with van der Waals surface area (Å²) in [5.41, 5.74) is 1.17. The minimum absolute atomic E-state index is 0.416. The van der Waals surface area contributed by atoms with Gasteiger partial charge in [0.05, 0.1) is 42.7 Å². The van der Waals surface area contributed by atoms with Gasteiger partial charge in [-0.1, -0.05) is 0 Å². The largest absolute Gasteiger partial charge is 0.492 e. The average molecular weight is 287 g/mol. The minimum Gasteiger partial charge on any atom is -0.492 e. The lowest BCUT2D eigenvalue weighted by molar-refractivity contribution is -0.0451. The molecule has 0 saturated carbocycles. The maximum absolute atomic E-state index is 5.41. The van der Waals surface area contributed by atoms with Crippen LogP contribution in [0, 0.1) is 6.92 Å². The molecule has 20 heavy (non-hydrogen) atoms. The van der Waals surface area contributed by atoms with E-state index in [4.69, 9.17) is 28.6 Å². The van der Waals surface area contributed by atoms with Crippen LogP contribution < -0.4 is 24.2 Å². The molecule has 7 heteroatoms. The molecule has 0 saturated heterocycles.